The van der Waals surface area contributed by atoms with Gasteiger partial charge in [-0.15, -0.1) is 0 Å². The number of piperidine rings is 1. The van der Waals surface area contributed by atoms with Crippen LogP contribution in [0.25, 0.3) is 0 Å². The van der Waals surface area contributed by atoms with Crippen molar-refractivity contribution in [1.29, 1.82) is 0 Å². The third kappa shape index (κ3) is 8.53. The van der Waals surface area contributed by atoms with Crippen LogP contribution in [-0.4, -0.2) is 83.2 Å². The first-order valence-electron chi connectivity index (χ1n) is 11.8. The number of aliphatic imine (C=N–C) groups is 1. The minimum absolute atomic E-state index is 0.0357. The number of likely N-dealkylation sites (tertiary alicyclic amines) is 1. The lowest BCUT2D eigenvalue weighted by Gasteiger charge is -2.32. The van der Waals surface area contributed by atoms with Crippen molar-refractivity contribution >= 4 is 41.0 Å². The zero-order chi connectivity index (χ0) is 26.8. The maximum atomic E-state index is 12.4. The molecule has 0 radical (unpaired) electrons. The van der Waals surface area contributed by atoms with Crippen molar-refractivity contribution in [1.82, 2.24) is 25.5 Å². The zero-order valence-corrected chi connectivity index (χ0v) is 21.1. The Morgan fingerprint density at radius 2 is 1.84 bits per heavy atom. The summed E-state index contributed by atoms with van der Waals surface area (Å²) in [5.74, 6) is -1.21. The molecule has 37 heavy (non-hydrogen) atoms. The third-order valence-electron chi connectivity index (χ3n) is 5.66. The van der Waals surface area contributed by atoms with Crippen LogP contribution in [0.5, 0.6) is 0 Å². The smallest absolute Gasteiger partial charge is 0.302 e. The Bertz CT molecular complexity index is 1110. The van der Waals surface area contributed by atoms with Crippen LogP contribution < -0.4 is 27.8 Å². The van der Waals surface area contributed by atoms with Gasteiger partial charge in [0.1, 0.15) is 0 Å². The van der Waals surface area contributed by atoms with Gasteiger partial charge in [0.05, 0.1) is 19.8 Å². The van der Waals surface area contributed by atoms with E-state index >= 15 is 0 Å². The molecular weight excluding hydrogens is 502 g/mol. The Kier molecular flexibility index (Phi) is 10.4. The van der Waals surface area contributed by atoms with Crippen molar-refractivity contribution in [2.75, 3.05) is 50.9 Å². The summed E-state index contributed by atoms with van der Waals surface area (Å²) in [6.07, 6.45) is 1.61. The minimum Gasteiger partial charge on any atom is -0.394 e. The topological polar surface area (TPSA) is 207 Å². The van der Waals surface area contributed by atoms with E-state index in [0.717, 1.165) is 38.0 Å². The van der Waals surface area contributed by atoms with Crippen molar-refractivity contribution in [3.8, 4) is 0 Å². The predicted octanol–water partition coefficient (Wildman–Crippen LogP) is -0.258. The van der Waals surface area contributed by atoms with Crippen LogP contribution in [0.3, 0.4) is 0 Å². The predicted molar refractivity (Wildman–Crippen MR) is 140 cm³/mol. The summed E-state index contributed by atoms with van der Waals surface area (Å²) in [6.45, 7) is 3.34. The largest absolute Gasteiger partial charge is 0.394 e. The first-order valence-corrected chi connectivity index (χ1v) is 12.2. The monoisotopic (exact) mass is 533 g/mol. The lowest BCUT2D eigenvalue weighted by Crippen LogP contribution is -2.47. The van der Waals surface area contributed by atoms with Crippen molar-refractivity contribution in [3.63, 3.8) is 0 Å². The van der Waals surface area contributed by atoms with Crippen LogP contribution in [0.4, 0.5) is 11.6 Å². The first-order chi connectivity index (χ1) is 17.8. The number of anilines is 2. The normalized spacial score (nSPS) is 14.9. The summed E-state index contributed by atoms with van der Waals surface area (Å²) in [5.41, 5.74) is 18.6. The number of hydrogen-bond acceptors (Lipinski definition) is 9. The van der Waals surface area contributed by atoms with Crippen LogP contribution in [0, 0.1) is 0 Å². The van der Waals surface area contributed by atoms with Gasteiger partial charge in [-0.2, -0.15) is 4.99 Å². The van der Waals surface area contributed by atoms with Gasteiger partial charge in [0.25, 0.3) is 5.91 Å². The van der Waals surface area contributed by atoms with Gasteiger partial charge in [-0.1, -0.05) is 23.7 Å². The molecule has 1 fully saturated rings. The summed E-state index contributed by atoms with van der Waals surface area (Å²) in [7, 11) is 0. The van der Waals surface area contributed by atoms with Crippen LogP contribution in [0.15, 0.2) is 29.3 Å². The van der Waals surface area contributed by atoms with Gasteiger partial charge in [-0.3, -0.25) is 14.5 Å². The number of amides is 2. The molecule has 0 aliphatic carbocycles. The molecule has 13 nitrogen and oxygen atoms in total. The van der Waals surface area contributed by atoms with E-state index in [1.54, 1.807) is 12.1 Å². The van der Waals surface area contributed by atoms with Crippen molar-refractivity contribution < 1.29 is 19.4 Å². The van der Waals surface area contributed by atoms with E-state index in [2.05, 4.69) is 30.5 Å². The van der Waals surface area contributed by atoms with Crippen molar-refractivity contribution in [3.05, 3.63) is 46.2 Å². The fourth-order valence-corrected chi connectivity index (χ4v) is 3.89. The van der Waals surface area contributed by atoms with Crippen LogP contribution in [-0.2, 0) is 11.3 Å². The second-order valence-corrected chi connectivity index (χ2v) is 8.78. The molecule has 0 atom stereocenters. The van der Waals surface area contributed by atoms with Gasteiger partial charge in [-0.05, 0) is 30.5 Å². The summed E-state index contributed by atoms with van der Waals surface area (Å²) >= 11 is 5.81. The average Bonchev–Trinajstić information content (AvgIpc) is 2.87. The number of nitrogen functional groups attached to an aromatic ring is 2. The molecule has 2 aromatic rings. The lowest BCUT2D eigenvalue weighted by atomic mass is 10.0. The van der Waals surface area contributed by atoms with E-state index in [-0.39, 0.29) is 53.6 Å². The van der Waals surface area contributed by atoms with E-state index in [9.17, 15) is 9.59 Å². The molecule has 1 aromatic carbocycles. The highest BCUT2D eigenvalue weighted by atomic mass is 35.5. The highest BCUT2D eigenvalue weighted by Crippen LogP contribution is 2.18. The van der Waals surface area contributed by atoms with E-state index in [4.69, 9.17) is 38.6 Å². The molecule has 14 heteroatoms. The fraction of sp³-hybridized carbons (Fsp3) is 0.435. The number of rotatable bonds is 10. The number of nitrogens with two attached hydrogens (primary N) is 3. The minimum atomic E-state index is -0.763. The zero-order valence-electron chi connectivity index (χ0n) is 20.3. The second-order valence-electron chi connectivity index (χ2n) is 8.42. The highest BCUT2D eigenvalue weighted by molar-refractivity contribution is 6.31. The van der Waals surface area contributed by atoms with Gasteiger partial charge in [0.15, 0.2) is 28.4 Å². The van der Waals surface area contributed by atoms with E-state index in [1.807, 2.05) is 12.1 Å². The molecule has 0 bridgehead atoms. The van der Waals surface area contributed by atoms with E-state index in [0.29, 0.717) is 18.7 Å². The Balaban J connectivity index is 1.42. The number of guanidine groups is 1. The standard InChI is InChI=1S/C23H32ClN9O4/c24-18-20(26)31-19(25)17(30-18)22(36)32-23(27)29-16-5-8-33(9-6-16)13-14-1-3-15(4-2-14)21(35)28-7-11-37-12-10-34/h1-4,16,34H,5-13H2,(H,28,35)(H4,25,26,31)(H3,27,29,32,36). The summed E-state index contributed by atoms with van der Waals surface area (Å²) in [5, 5.41) is 14.4. The molecule has 1 aliphatic heterocycles. The number of aromatic nitrogens is 2. The fourth-order valence-electron chi connectivity index (χ4n) is 3.76. The second kappa shape index (κ2) is 13.7. The number of benzene rings is 1. The molecule has 1 aliphatic rings. The molecule has 0 spiro atoms. The maximum absolute atomic E-state index is 12.4. The average molecular weight is 534 g/mol. The van der Waals surface area contributed by atoms with Crippen LogP contribution in [0.1, 0.15) is 39.3 Å². The molecule has 0 unspecified atom stereocenters. The molecule has 3 rings (SSSR count). The number of aliphatic hydroxyl groups is 1. The number of ether oxygens (including phenoxy) is 1. The summed E-state index contributed by atoms with van der Waals surface area (Å²) < 4.78 is 5.13. The lowest BCUT2D eigenvalue weighted by molar-refractivity contribution is 0.0838. The highest BCUT2D eigenvalue weighted by Gasteiger charge is 2.21. The van der Waals surface area contributed by atoms with Gasteiger partial charge >= 0.3 is 5.91 Å². The molecule has 2 heterocycles. The van der Waals surface area contributed by atoms with Gasteiger partial charge in [-0.25, -0.2) is 9.97 Å². The Labute approximate surface area is 219 Å². The first kappa shape index (κ1) is 28.1. The van der Waals surface area contributed by atoms with Gasteiger partial charge in [0, 0.05) is 37.8 Å². The molecular formula is C23H32ClN9O4. The quantitative estimate of drug-likeness (QED) is 0.133. The summed E-state index contributed by atoms with van der Waals surface area (Å²) in [6, 6.07) is 7.53. The maximum Gasteiger partial charge on any atom is 0.302 e. The molecule has 0 saturated carbocycles. The number of hydrogen-bond donors (Lipinski definition) is 6. The van der Waals surface area contributed by atoms with E-state index in [1.165, 1.54) is 0 Å². The van der Waals surface area contributed by atoms with E-state index < -0.39 is 5.91 Å². The van der Waals surface area contributed by atoms with Gasteiger partial charge < -0.3 is 37.7 Å². The number of carbonyl (C=O) groups is 2. The number of aliphatic hydroxyl groups excluding tert-OH is 1. The molecule has 2 amide bonds. The Hall–Kier alpha value is -3.52. The Morgan fingerprint density at radius 1 is 1.14 bits per heavy atom. The number of halogens is 1. The van der Waals surface area contributed by atoms with Crippen molar-refractivity contribution in [2.24, 2.45) is 10.7 Å². The number of nitrogens with zero attached hydrogens (tertiary/aromatic N) is 4. The van der Waals surface area contributed by atoms with Crippen LogP contribution in [0.2, 0.25) is 5.15 Å². The molecule has 9 N–H and O–H groups in total. The summed E-state index contributed by atoms with van der Waals surface area (Å²) in [4.78, 5) is 38.3. The molecule has 1 aromatic heterocycles. The molecule has 200 valence electrons. The van der Waals surface area contributed by atoms with Crippen molar-refractivity contribution in [2.45, 2.75) is 25.4 Å². The SMILES string of the molecule is N/C(=N\C(=O)c1nc(Cl)c(N)nc1N)NC1CCN(Cc2ccc(C(=O)NCCOCCO)cc2)CC1. The number of carbonyl (C=O) groups excluding carboxylic acids is 2. The number of nitrogens with one attached hydrogen (secondary N) is 2. The van der Waals surface area contributed by atoms with Gasteiger partial charge in [0.2, 0.25) is 0 Å². The third-order valence-corrected chi connectivity index (χ3v) is 5.94. The molecule has 1 saturated heterocycles. The van der Waals surface area contributed by atoms with Crippen LogP contribution >= 0.6 is 11.6 Å². The Morgan fingerprint density at radius 3 is 2.51 bits per heavy atom.